The number of ketones is 1. The van der Waals surface area contributed by atoms with Gasteiger partial charge in [0.15, 0.2) is 5.78 Å². The summed E-state index contributed by atoms with van der Waals surface area (Å²) in [6, 6.07) is 16.0. The monoisotopic (exact) mass is 644 g/mol. The van der Waals surface area contributed by atoms with Crippen molar-refractivity contribution in [3.8, 4) is 0 Å². The molecule has 2 fully saturated rings. The first-order valence-electron chi connectivity index (χ1n) is 16.5. The van der Waals surface area contributed by atoms with E-state index in [0.717, 1.165) is 71.9 Å². The smallest absolute Gasteiger partial charge is 0.248 e. The van der Waals surface area contributed by atoms with Gasteiger partial charge in [-0.25, -0.2) is 0 Å². The Bertz CT molecular complexity index is 1510. The summed E-state index contributed by atoms with van der Waals surface area (Å²) in [6.45, 7) is 11.2. The SMILES string of the molecule is Cc1cc(C)c(C(=O)P(=O)(C(=O)c2c(C)cc(C)cc2C)c2ccccc2)c(C)c1.O=C(C1(O)CCCCC1)C1(O)CCCCC1. The normalized spacial score (nSPS) is 17.4. The summed E-state index contributed by atoms with van der Waals surface area (Å²) in [5.41, 5.74) is 2.10. The van der Waals surface area contributed by atoms with Gasteiger partial charge >= 0.3 is 0 Å². The van der Waals surface area contributed by atoms with Crippen LogP contribution in [0.5, 0.6) is 0 Å². The molecule has 0 saturated heterocycles. The van der Waals surface area contributed by atoms with E-state index in [1.165, 1.54) is 0 Å². The molecule has 0 spiro atoms. The molecule has 246 valence electrons. The fraction of sp³-hybridized carbons (Fsp3) is 0.462. The maximum Gasteiger partial charge on any atom is 0.248 e. The molecule has 0 bridgehead atoms. The summed E-state index contributed by atoms with van der Waals surface area (Å²) >= 11 is 0. The summed E-state index contributed by atoms with van der Waals surface area (Å²) in [7, 11) is -4.11. The summed E-state index contributed by atoms with van der Waals surface area (Å²) in [5.74, 6) is -0.292. The average molecular weight is 645 g/mol. The van der Waals surface area contributed by atoms with Crippen LogP contribution in [0.2, 0.25) is 0 Å². The largest absolute Gasteiger partial charge is 0.382 e. The maximum atomic E-state index is 14.5. The van der Waals surface area contributed by atoms with Gasteiger partial charge in [0.05, 0.1) is 0 Å². The lowest BCUT2D eigenvalue weighted by Crippen LogP contribution is -2.54. The second-order valence-electron chi connectivity index (χ2n) is 13.6. The molecule has 0 aromatic heterocycles. The van der Waals surface area contributed by atoms with E-state index in [2.05, 4.69) is 0 Å². The van der Waals surface area contributed by atoms with Crippen LogP contribution in [0.1, 0.15) is 118 Å². The lowest BCUT2D eigenvalue weighted by atomic mass is 9.71. The zero-order chi connectivity index (χ0) is 33.9. The number of Topliss-reactive ketones (excluding diaryl/α,β-unsaturated/α-hetero) is 1. The van der Waals surface area contributed by atoms with Crippen LogP contribution in [-0.4, -0.2) is 38.2 Å². The third-order valence-electron chi connectivity index (χ3n) is 9.68. The van der Waals surface area contributed by atoms with Gasteiger partial charge < -0.3 is 14.8 Å². The molecular weight excluding hydrogens is 595 g/mol. The molecule has 0 radical (unpaired) electrons. The number of hydrogen-bond acceptors (Lipinski definition) is 6. The quantitative estimate of drug-likeness (QED) is 0.251. The molecule has 2 N–H and O–H groups in total. The Balaban J connectivity index is 0.000000252. The molecule has 46 heavy (non-hydrogen) atoms. The van der Waals surface area contributed by atoms with E-state index in [1.54, 1.807) is 30.3 Å². The fourth-order valence-electron chi connectivity index (χ4n) is 7.47. The molecule has 7 heteroatoms. The highest BCUT2D eigenvalue weighted by Gasteiger charge is 2.49. The lowest BCUT2D eigenvalue weighted by molar-refractivity contribution is -0.163. The second kappa shape index (κ2) is 14.3. The third-order valence-corrected chi connectivity index (χ3v) is 12.3. The van der Waals surface area contributed by atoms with E-state index >= 15 is 0 Å². The Morgan fingerprint density at radius 2 is 0.891 bits per heavy atom. The van der Waals surface area contributed by atoms with Gasteiger partial charge in [-0.1, -0.05) is 104 Å². The van der Waals surface area contributed by atoms with Crippen molar-refractivity contribution < 1.29 is 29.2 Å². The van der Waals surface area contributed by atoms with Crippen molar-refractivity contribution in [3.63, 3.8) is 0 Å². The molecule has 0 amide bonds. The number of carbonyl (C=O) groups excluding carboxylic acids is 3. The highest BCUT2D eigenvalue weighted by Crippen LogP contribution is 2.52. The van der Waals surface area contributed by atoms with Crippen LogP contribution in [0.15, 0.2) is 54.6 Å². The maximum absolute atomic E-state index is 14.5. The zero-order valence-electron chi connectivity index (χ0n) is 28.2. The summed E-state index contributed by atoms with van der Waals surface area (Å²) in [4.78, 5) is 40.0. The highest BCUT2D eigenvalue weighted by molar-refractivity contribution is 8.01. The molecular formula is C39H49O6P. The van der Waals surface area contributed by atoms with Crippen molar-refractivity contribution in [1.82, 2.24) is 0 Å². The van der Waals surface area contributed by atoms with E-state index in [0.29, 0.717) is 36.8 Å². The Hall–Kier alpha value is -3.18. The van der Waals surface area contributed by atoms with Crippen molar-refractivity contribution >= 4 is 29.3 Å². The number of hydrogen-bond donors (Lipinski definition) is 2. The molecule has 0 heterocycles. The van der Waals surface area contributed by atoms with E-state index < -0.39 is 29.4 Å². The topological polar surface area (TPSA) is 109 Å². The Labute approximate surface area is 274 Å². The third kappa shape index (κ3) is 7.20. The first-order chi connectivity index (χ1) is 21.6. The molecule has 3 aromatic carbocycles. The second-order valence-corrected chi connectivity index (χ2v) is 16.2. The van der Waals surface area contributed by atoms with Crippen LogP contribution in [0, 0.1) is 41.5 Å². The van der Waals surface area contributed by atoms with E-state index in [1.807, 2.05) is 65.8 Å². The van der Waals surface area contributed by atoms with Crippen LogP contribution < -0.4 is 5.30 Å². The number of carbonyl (C=O) groups is 3. The van der Waals surface area contributed by atoms with Crippen LogP contribution in [0.4, 0.5) is 0 Å². The van der Waals surface area contributed by atoms with Crippen LogP contribution >= 0.6 is 7.14 Å². The zero-order valence-corrected chi connectivity index (χ0v) is 29.1. The summed E-state index contributed by atoms with van der Waals surface area (Å²) in [5, 5.41) is 21.0. The van der Waals surface area contributed by atoms with Gasteiger partial charge in [0.2, 0.25) is 18.2 Å². The van der Waals surface area contributed by atoms with Crippen molar-refractivity contribution in [1.29, 1.82) is 0 Å². The minimum atomic E-state index is -4.11. The average Bonchev–Trinajstić information content (AvgIpc) is 3.00. The summed E-state index contributed by atoms with van der Waals surface area (Å²) in [6.07, 6.45) is 7.93. The van der Waals surface area contributed by atoms with E-state index in [-0.39, 0.29) is 11.1 Å². The Morgan fingerprint density at radius 1 is 0.565 bits per heavy atom. The standard InChI is InChI=1S/C26H27O3P.C13H22O3/c1-16-12-18(3)23(19(4)13-16)25(27)30(29,22-10-8-7-9-11-22)26(28)24-20(5)14-17(2)15-21(24)6;14-11(12(15)7-3-1-4-8-12)13(16)9-5-2-6-10-13/h7-15H,1-6H3;15-16H,1-10H2. The van der Waals surface area contributed by atoms with Gasteiger partial charge in [-0.2, -0.15) is 0 Å². The fourth-order valence-corrected chi connectivity index (χ4v) is 10.1. The van der Waals surface area contributed by atoms with Gasteiger partial charge in [0.25, 0.3) is 0 Å². The minimum absolute atomic E-state index is 0.277. The molecule has 6 nitrogen and oxygen atoms in total. The first kappa shape index (κ1) is 35.7. The van der Waals surface area contributed by atoms with Gasteiger partial charge in [-0.05, 0) is 89.5 Å². The molecule has 2 aliphatic rings. The molecule has 2 saturated carbocycles. The van der Waals surface area contributed by atoms with Crippen LogP contribution in [0.25, 0.3) is 0 Å². The lowest BCUT2D eigenvalue weighted by Gasteiger charge is -2.39. The van der Waals surface area contributed by atoms with Gasteiger partial charge in [0.1, 0.15) is 11.2 Å². The van der Waals surface area contributed by atoms with Crippen molar-refractivity contribution in [2.75, 3.05) is 0 Å². The van der Waals surface area contributed by atoms with E-state index in [9.17, 15) is 29.2 Å². The summed E-state index contributed by atoms with van der Waals surface area (Å²) < 4.78 is 14.5. The number of benzene rings is 3. The molecule has 0 unspecified atom stereocenters. The van der Waals surface area contributed by atoms with Gasteiger partial charge in [-0.15, -0.1) is 0 Å². The Kier molecular flexibility index (Phi) is 11.1. The molecule has 5 rings (SSSR count). The van der Waals surface area contributed by atoms with Crippen molar-refractivity contribution in [3.05, 3.63) is 99.1 Å². The van der Waals surface area contributed by atoms with E-state index in [4.69, 9.17) is 0 Å². The molecule has 0 atom stereocenters. The minimum Gasteiger partial charge on any atom is -0.382 e. The van der Waals surface area contributed by atoms with Crippen LogP contribution in [0.3, 0.4) is 0 Å². The number of aryl methyl sites for hydroxylation is 6. The first-order valence-corrected chi connectivity index (χ1v) is 18.3. The predicted octanol–water partition coefficient (Wildman–Crippen LogP) is 8.15. The van der Waals surface area contributed by atoms with Crippen molar-refractivity contribution in [2.45, 2.75) is 117 Å². The molecule has 2 aliphatic carbocycles. The molecule has 3 aromatic rings. The van der Waals surface area contributed by atoms with Gasteiger partial charge in [0, 0.05) is 16.4 Å². The number of rotatable bonds is 7. The number of aliphatic hydroxyl groups is 2. The Morgan fingerprint density at radius 3 is 1.22 bits per heavy atom. The highest BCUT2D eigenvalue weighted by atomic mass is 31.2. The van der Waals surface area contributed by atoms with Gasteiger partial charge in [-0.3, -0.25) is 14.4 Å². The van der Waals surface area contributed by atoms with Crippen molar-refractivity contribution in [2.24, 2.45) is 0 Å². The van der Waals surface area contributed by atoms with Crippen LogP contribution in [-0.2, 0) is 9.36 Å². The predicted molar refractivity (Wildman–Crippen MR) is 185 cm³/mol. The molecule has 0 aliphatic heterocycles.